The zero-order valence-corrected chi connectivity index (χ0v) is 74.2. The van der Waals surface area contributed by atoms with Crippen molar-refractivity contribution in [2.45, 2.75) is 13.1 Å². The van der Waals surface area contributed by atoms with Gasteiger partial charge in [-0.2, -0.15) is 61.5 Å². The van der Waals surface area contributed by atoms with Crippen LogP contribution >= 0.6 is 34.0 Å². The summed E-state index contributed by atoms with van der Waals surface area (Å²) in [6, 6.07) is 53.4. The quantitative estimate of drug-likeness (QED) is 0.0239. The van der Waals surface area contributed by atoms with Gasteiger partial charge in [-0.1, -0.05) is 36.4 Å². The van der Waals surface area contributed by atoms with Crippen molar-refractivity contribution in [1.29, 1.82) is 0 Å². The number of anilines is 21. The number of benzene rings is 7. The van der Waals surface area contributed by atoms with Gasteiger partial charge in [0.1, 0.15) is 52.5 Å². The Balaban J connectivity index is 0.000000128. The van der Waals surface area contributed by atoms with Crippen molar-refractivity contribution < 1.29 is 46.3 Å². The monoisotopic (exact) mass is 1860 g/mol. The molecule has 133 heavy (non-hydrogen) atoms. The average molecular weight is 1870 g/mol. The highest BCUT2D eigenvalue weighted by atomic mass is 32.1. The van der Waals surface area contributed by atoms with E-state index >= 15 is 0 Å². The standard InChI is InChI=1S/C23H25N9O.C22H23N9O.C13H11F3N6OS.2C13H14N6O2S/c1-16-25-20(27-17-5-3-2-4-6-17)15-21(26-16)32-22(24)29-23(30-32)28-18-7-9-19(10-8-18)31-11-13-33-14-12-31;23-21-28-22(27-17-6-8-18(9-7-17)30-10-12-32-13-11-30)29-31(21)20-14-19(24-15-25-20)26-16-4-2-1-3-5-16;1-23-9-5-7(13(14,15)16)4-8(6-9)19-11-20-10(17)22(21-11)12-18-2-3-24-12;1-20-9-5-8(6-10(7-9)21-2)16-12-17-11(14)19(18-12)13-15-3-4-22-13;1-20-9-5-8(6-10(7-9)21-2)16-12-17-11(14)18-19(12)13-15-3-4-22-13/h2-10,15H,11-14H2,1H3,(H,25,26,27)(H3,24,28,29,30);1-9,14-15H,10-13H2,(H,24,25,26)(H3,23,27,28,29);2-6H,1H3,(H3,17,19,20,21);2*3-7H,1-2H3,(H3,14,16,17,18). The van der Waals surface area contributed by atoms with Crippen LogP contribution in [0.2, 0.25) is 0 Å². The van der Waals surface area contributed by atoms with Crippen molar-refractivity contribution >= 4 is 156 Å². The van der Waals surface area contributed by atoms with Crippen molar-refractivity contribution in [3.05, 3.63) is 228 Å². The molecule has 0 saturated carbocycles. The smallest absolute Gasteiger partial charge is 0.416 e. The van der Waals surface area contributed by atoms with E-state index in [9.17, 15) is 13.2 Å². The third-order valence-electron chi connectivity index (χ3n) is 18.9. The number of rotatable bonds is 26. The number of thiazole rings is 3. The van der Waals surface area contributed by atoms with Crippen LogP contribution in [0.25, 0.3) is 27.0 Å². The van der Waals surface area contributed by atoms with Crippen LogP contribution in [0.4, 0.5) is 135 Å². The number of nitrogens with two attached hydrogens (primary N) is 5. The van der Waals surface area contributed by atoms with Crippen LogP contribution in [-0.4, -0.2) is 197 Å². The number of para-hydroxylation sites is 2. The van der Waals surface area contributed by atoms with Crippen LogP contribution in [-0.2, 0) is 15.7 Å². The zero-order chi connectivity index (χ0) is 92.7. The molecule has 2 saturated heterocycles. The molecule has 684 valence electrons. The summed E-state index contributed by atoms with van der Waals surface area (Å²) in [6.07, 6.45) is 1.90. The van der Waals surface area contributed by atoms with Crippen LogP contribution in [0, 0.1) is 6.92 Å². The SMILES string of the molecule is COc1cc(Nc2nc(N)n(-c3nccs3)n2)cc(C(F)(F)F)c1.COc1cc(Nc2nc(N)n(-c3nccs3)n2)cc(OC)c1.COc1cc(Nc2nc(N)nn2-c2nccs2)cc(OC)c1.Cc1nc(Nc2ccccc2)cc(-n2nc(Nc3ccc(N4CCOCC4)cc3)nc2N)n1.Nc1nc(Nc2ccc(N3CCOCC3)cc2)nn1-c1cc(Nc2ccccc2)ncn1. The maximum atomic E-state index is 12.9. The van der Waals surface area contributed by atoms with Gasteiger partial charge in [0.15, 0.2) is 11.6 Å². The predicted octanol–water partition coefficient (Wildman–Crippen LogP) is 13.4. The second-order valence-electron chi connectivity index (χ2n) is 27.9. The Morgan fingerprint density at radius 3 is 1.16 bits per heavy atom. The third kappa shape index (κ3) is 24.4. The topological polar surface area (TPSA) is 529 Å². The highest BCUT2D eigenvalue weighted by Gasteiger charge is 2.32. The van der Waals surface area contributed by atoms with E-state index in [1.165, 1.54) is 72.2 Å². The summed E-state index contributed by atoms with van der Waals surface area (Å²) in [4.78, 5) is 55.5. The first kappa shape index (κ1) is 91.0. The van der Waals surface area contributed by atoms with Crippen molar-refractivity contribution in [1.82, 2.24) is 109 Å². The van der Waals surface area contributed by atoms with Gasteiger partial charge in [-0.15, -0.1) is 59.5 Å². The summed E-state index contributed by atoms with van der Waals surface area (Å²) in [5.74, 6) is 8.19. The van der Waals surface area contributed by atoms with E-state index in [1.54, 1.807) is 81.4 Å². The van der Waals surface area contributed by atoms with E-state index in [0.29, 0.717) is 91.3 Å². The average Bonchev–Trinajstić information content (AvgIpc) is 1.53. The van der Waals surface area contributed by atoms with Gasteiger partial charge < -0.3 is 109 Å². The van der Waals surface area contributed by atoms with Crippen molar-refractivity contribution in [3.63, 3.8) is 0 Å². The molecule has 12 heterocycles. The lowest BCUT2D eigenvalue weighted by Gasteiger charge is -2.28. The molecule has 49 heteroatoms. The molecule has 17 N–H and O–H groups in total. The van der Waals surface area contributed by atoms with E-state index in [2.05, 4.69) is 157 Å². The third-order valence-corrected chi connectivity index (χ3v) is 21.1. The van der Waals surface area contributed by atoms with Gasteiger partial charge in [0.2, 0.25) is 74.9 Å². The van der Waals surface area contributed by atoms with E-state index in [0.717, 1.165) is 110 Å². The van der Waals surface area contributed by atoms with E-state index < -0.39 is 11.7 Å². The van der Waals surface area contributed by atoms with E-state index in [1.807, 2.05) is 127 Å². The minimum atomic E-state index is -4.50. The zero-order valence-electron chi connectivity index (χ0n) is 71.8. The number of aromatic nitrogens is 22. The molecule has 43 nitrogen and oxygen atoms in total. The minimum Gasteiger partial charge on any atom is -0.497 e. The molecule has 2 aliphatic heterocycles. The van der Waals surface area contributed by atoms with E-state index in [-0.39, 0.29) is 47.1 Å². The minimum absolute atomic E-state index is 0.0454. The van der Waals surface area contributed by atoms with Gasteiger partial charge in [0, 0.05) is 167 Å². The number of halogens is 3. The largest absolute Gasteiger partial charge is 0.497 e. The Bertz CT molecular complexity index is 6560. The Labute approximate surface area is 768 Å². The summed E-state index contributed by atoms with van der Waals surface area (Å²) in [6.45, 7) is 8.44. The number of methoxy groups -OCH3 is 5. The Morgan fingerprint density at radius 1 is 0.353 bits per heavy atom. The summed E-state index contributed by atoms with van der Waals surface area (Å²) < 4.78 is 82.7. The van der Waals surface area contributed by atoms with Crippen LogP contribution in [0.5, 0.6) is 28.7 Å². The second kappa shape index (κ2) is 42.9. The number of hydrogen-bond donors (Lipinski definition) is 12. The molecular formula is C84H87F3N36O7S3. The molecule has 19 rings (SSSR count). The van der Waals surface area contributed by atoms with Crippen LogP contribution in [0.1, 0.15) is 11.4 Å². The number of ether oxygens (including phenoxy) is 7. The number of hydrogen-bond acceptors (Lipinski definition) is 41. The van der Waals surface area contributed by atoms with Gasteiger partial charge in [0.25, 0.3) is 0 Å². The van der Waals surface area contributed by atoms with Gasteiger partial charge >= 0.3 is 6.18 Å². The fraction of sp³-hybridized carbons (Fsp3) is 0.179. The summed E-state index contributed by atoms with van der Waals surface area (Å²) >= 11 is 4.15. The number of aryl methyl sites for hydroxylation is 1. The summed E-state index contributed by atoms with van der Waals surface area (Å²) in [5.41, 5.74) is 36.2. The Kier molecular flexibility index (Phi) is 29.3. The number of morpholine rings is 2. The molecule has 0 atom stereocenters. The van der Waals surface area contributed by atoms with Crippen LogP contribution < -0.4 is 99.4 Å². The van der Waals surface area contributed by atoms with Crippen molar-refractivity contribution in [2.24, 2.45) is 0 Å². The maximum absolute atomic E-state index is 12.9. The lowest BCUT2D eigenvalue weighted by Crippen LogP contribution is -2.36. The second-order valence-corrected chi connectivity index (χ2v) is 30.6. The number of nitrogens with zero attached hydrogens (tertiary/aromatic N) is 24. The van der Waals surface area contributed by atoms with Crippen LogP contribution in [0.15, 0.2) is 217 Å². The molecule has 17 aromatic rings. The normalized spacial score (nSPS) is 12.2. The van der Waals surface area contributed by atoms with Crippen LogP contribution in [0.3, 0.4) is 0 Å². The first-order valence-corrected chi connectivity index (χ1v) is 42.9. The summed E-state index contributed by atoms with van der Waals surface area (Å²) in [7, 11) is 7.65. The van der Waals surface area contributed by atoms with Crippen molar-refractivity contribution in [3.8, 4) is 55.8 Å². The number of nitrogens with one attached hydrogen (secondary N) is 7. The predicted molar refractivity (Wildman–Crippen MR) is 504 cm³/mol. The summed E-state index contributed by atoms with van der Waals surface area (Å²) in [5, 5.41) is 50.5. The fourth-order valence-electron chi connectivity index (χ4n) is 12.7. The molecule has 2 fully saturated rings. The molecule has 0 spiro atoms. The van der Waals surface area contributed by atoms with Crippen molar-refractivity contribution in [2.75, 3.05) is 164 Å². The van der Waals surface area contributed by atoms with Gasteiger partial charge in [-0.05, 0) is 91.9 Å². The highest BCUT2D eigenvalue weighted by molar-refractivity contribution is 7.12. The van der Waals surface area contributed by atoms with Gasteiger partial charge in [-0.25, -0.2) is 34.9 Å². The Morgan fingerprint density at radius 2 is 0.729 bits per heavy atom. The first-order chi connectivity index (χ1) is 64.6. The molecule has 0 bridgehead atoms. The van der Waals surface area contributed by atoms with E-state index in [4.69, 9.17) is 61.8 Å². The Hall–Kier alpha value is -16.8. The lowest BCUT2D eigenvalue weighted by molar-refractivity contribution is -0.137. The highest BCUT2D eigenvalue weighted by Crippen LogP contribution is 2.37. The lowest BCUT2D eigenvalue weighted by atomic mass is 10.2. The van der Waals surface area contributed by atoms with Gasteiger partial charge in [-0.3, -0.25) is 0 Å². The number of nitrogen functional groups attached to an aromatic ring is 5. The number of alkyl halides is 3. The molecule has 7 aromatic carbocycles. The molecular weight excluding hydrogens is 1780 g/mol. The molecule has 2 aliphatic rings. The first-order valence-electron chi connectivity index (χ1n) is 40.2. The maximum Gasteiger partial charge on any atom is 0.416 e. The fourth-order valence-corrected chi connectivity index (χ4v) is 14.5. The molecule has 0 radical (unpaired) electrons. The molecule has 10 aromatic heterocycles. The van der Waals surface area contributed by atoms with Gasteiger partial charge in [0.05, 0.1) is 67.5 Å². The molecule has 0 amide bonds. The molecule has 0 aliphatic carbocycles. The molecule has 0 unspecified atom stereocenters.